The first-order chi connectivity index (χ1) is 8.68. The van der Waals surface area contributed by atoms with Crippen LogP contribution in [0, 0.1) is 17.3 Å². The first-order valence-electron chi connectivity index (χ1n) is 6.58. The van der Waals surface area contributed by atoms with Crippen molar-refractivity contribution in [2.75, 3.05) is 0 Å². The van der Waals surface area contributed by atoms with E-state index in [0.717, 1.165) is 18.4 Å². The van der Waals surface area contributed by atoms with Gasteiger partial charge in [-0.1, -0.05) is 42.5 Å². The number of fused-ring (bicyclic) bond motifs is 2. The van der Waals surface area contributed by atoms with Gasteiger partial charge in [-0.25, -0.2) is 0 Å². The van der Waals surface area contributed by atoms with Crippen molar-refractivity contribution in [3.05, 3.63) is 48.0 Å². The van der Waals surface area contributed by atoms with Crippen LogP contribution in [0.15, 0.2) is 42.5 Å². The molecule has 0 saturated heterocycles. The van der Waals surface area contributed by atoms with Gasteiger partial charge in [0.1, 0.15) is 6.61 Å². The lowest BCUT2D eigenvalue weighted by molar-refractivity contribution is -0.158. The van der Waals surface area contributed by atoms with E-state index in [4.69, 9.17) is 4.74 Å². The van der Waals surface area contributed by atoms with Crippen molar-refractivity contribution < 1.29 is 9.53 Å². The minimum absolute atomic E-state index is 0.0387. The molecule has 1 saturated carbocycles. The molecule has 1 aromatic rings. The van der Waals surface area contributed by atoms with Gasteiger partial charge in [0, 0.05) is 0 Å². The summed E-state index contributed by atoms with van der Waals surface area (Å²) in [5.41, 5.74) is 0.752. The van der Waals surface area contributed by atoms with Crippen LogP contribution in [0.3, 0.4) is 0 Å². The van der Waals surface area contributed by atoms with E-state index in [9.17, 15) is 4.79 Å². The summed E-state index contributed by atoms with van der Waals surface area (Å²) in [6, 6.07) is 9.86. The molecule has 2 bridgehead atoms. The number of carbonyl (C=O) groups is 1. The first kappa shape index (κ1) is 11.5. The van der Waals surface area contributed by atoms with Crippen LogP contribution in [0.25, 0.3) is 0 Å². The van der Waals surface area contributed by atoms with Gasteiger partial charge in [-0.2, -0.15) is 0 Å². The summed E-state index contributed by atoms with van der Waals surface area (Å²) in [5.74, 6) is 0.929. The molecule has 0 unspecified atom stereocenters. The number of benzene rings is 1. The fraction of sp³-hybridized carbons (Fsp3) is 0.438. The molecule has 0 aliphatic heterocycles. The maximum absolute atomic E-state index is 12.3. The van der Waals surface area contributed by atoms with Crippen LogP contribution in [0.2, 0.25) is 0 Å². The molecule has 0 aromatic heterocycles. The number of allylic oxidation sites excluding steroid dienone is 2. The first-order valence-corrected chi connectivity index (χ1v) is 6.58. The Labute approximate surface area is 108 Å². The lowest BCUT2D eigenvalue weighted by Gasteiger charge is -2.28. The monoisotopic (exact) mass is 242 g/mol. The molecule has 1 aromatic carbocycles. The Morgan fingerprint density at radius 3 is 2.72 bits per heavy atom. The average Bonchev–Trinajstić information content (AvgIpc) is 2.97. The van der Waals surface area contributed by atoms with Gasteiger partial charge >= 0.3 is 5.97 Å². The minimum Gasteiger partial charge on any atom is -0.460 e. The van der Waals surface area contributed by atoms with E-state index in [1.807, 2.05) is 30.3 Å². The minimum atomic E-state index is -0.297. The van der Waals surface area contributed by atoms with Gasteiger partial charge in [-0.3, -0.25) is 4.79 Å². The molecule has 94 valence electrons. The van der Waals surface area contributed by atoms with Gasteiger partial charge in [0.2, 0.25) is 0 Å². The van der Waals surface area contributed by atoms with Crippen LogP contribution in [0.4, 0.5) is 0 Å². The van der Waals surface area contributed by atoms with Crippen LogP contribution in [-0.2, 0) is 16.1 Å². The SMILES string of the molecule is C[C@@]1(C(=O)OCc2ccccc2)C[C@@H]2C=C[C@H]1C2. The zero-order chi connectivity index (χ0) is 12.6. The Bertz CT molecular complexity index is 477. The highest BCUT2D eigenvalue weighted by molar-refractivity contribution is 5.78. The van der Waals surface area contributed by atoms with E-state index in [0.29, 0.717) is 18.4 Å². The van der Waals surface area contributed by atoms with Gasteiger partial charge < -0.3 is 4.74 Å². The summed E-state index contributed by atoms with van der Waals surface area (Å²) in [5, 5.41) is 0. The van der Waals surface area contributed by atoms with Crippen molar-refractivity contribution in [3.63, 3.8) is 0 Å². The summed E-state index contributed by atoms with van der Waals surface area (Å²) in [7, 11) is 0. The molecule has 2 heteroatoms. The topological polar surface area (TPSA) is 26.3 Å². The lowest BCUT2D eigenvalue weighted by Crippen LogP contribution is -2.33. The quantitative estimate of drug-likeness (QED) is 0.600. The molecule has 0 spiro atoms. The molecule has 2 aliphatic rings. The molecule has 0 N–H and O–H groups in total. The Morgan fingerprint density at radius 1 is 1.33 bits per heavy atom. The number of esters is 1. The van der Waals surface area contributed by atoms with E-state index in [-0.39, 0.29) is 11.4 Å². The van der Waals surface area contributed by atoms with Crippen molar-refractivity contribution in [2.24, 2.45) is 17.3 Å². The predicted octanol–water partition coefficient (Wildman–Crippen LogP) is 3.33. The van der Waals surface area contributed by atoms with Gasteiger partial charge in [-0.05, 0) is 37.2 Å². The maximum atomic E-state index is 12.3. The molecule has 3 atom stereocenters. The molecule has 1 fully saturated rings. The molecular weight excluding hydrogens is 224 g/mol. The summed E-state index contributed by atoms with van der Waals surface area (Å²) in [6.07, 6.45) is 6.51. The lowest BCUT2D eigenvalue weighted by atomic mass is 9.78. The van der Waals surface area contributed by atoms with Gasteiger partial charge in [-0.15, -0.1) is 0 Å². The van der Waals surface area contributed by atoms with E-state index < -0.39 is 0 Å². The Hall–Kier alpha value is -1.57. The fourth-order valence-corrected chi connectivity index (χ4v) is 3.22. The highest BCUT2D eigenvalue weighted by atomic mass is 16.5. The Balaban J connectivity index is 1.64. The molecular formula is C16H18O2. The van der Waals surface area contributed by atoms with E-state index >= 15 is 0 Å². The summed E-state index contributed by atoms with van der Waals surface area (Å²) in [4.78, 5) is 12.3. The summed E-state index contributed by atoms with van der Waals surface area (Å²) >= 11 is 0. The largest absolute Gasteiger partial charge is 0.460 e. The molecule has 3 rings (SSSR count). The number of hydrogen-bond acceptors (Lipinski definition) is 2. The Kier molecular flexibility index (Phi) is 2.73. The number of ether oxygens (including phenoxy) is 1. The maximum Gasteiger partial charge on any atom is 0.312 e. The third-order valence-electron chi connectivity index (χ3n) is 4.36. The second-order valence-electron chi connectivity index (χ2n) is 5.67. The highest BCUT2D eigenvalue weighted by Crippen LogP contribution is 2.52. The van der Waals surface area contributed by atoms with Crippen molar-refractivity contribution >= 4 is 5.97 Å². The van der Waals surface area contributed by atoms with Gasteiger partial charge in [0.25, 0.3) is 0 Å². The van der Waals surface area contributed by atoms with Crippen molar-refractivity contribution in [1.82, 2.24) is 0 Å². The molecule has 0 radical (unpaired) electrons. The zero-order valence-electron chi connectivity index (χ0n) is 10.6. The van der Waals surface area contributed by atoms with Crippen LogP contribution < -0.4 is 0 Å². The van der Waals surface area contributed by atoms with Crippen LogP contribution in [0.1, 0.15) is 25.3 Å². The van der Waals surface area contributed by atoms with E-state index in [2.05, 4.69) is 19.1 Å². The molecule has 2 aliphatic carbocycles. The second-order valence-corrected chi connectivity index (χ2v) is 5.67. The number of rotatable bonds is 3. The number of hydrogen-bond donors (Lipinski definition) is 0. The molecule has 18 heavy (non-hydrogen) atoms. The van der Waals surface area contributed by atoms with Crippen molar-refractivity contribution in [3.8, 4) is 0 Å². The van der Waals surface area contributed by atoms with Crippen LogP contribution >= 0.6 is 0 Å². The van der Waals surface area contributed by atoms with Crippen molar-refractivity contribution in [2.45, 2.75) is 26.4 Å². The molecule has 2 nitrogen and oxygen atoms in total. The standard InChI is InChI=1S/C16H18O2/c1-16(10-13-7-8-14(16)9-13)15(17)18-11-12-5-3-2-4-6-12/h2-8,13-14H,9-11H2,1H3/t13-,14+,16-/m1/s1. The van der Waals surface area contributed by atoms with E-state index in [1.54, 1.807) is 0 Å². The van der Waals surface area contributed by atoms with E-state index in [1.165, 1.54) is 0 Å². The highest BCUT2D eigenvalue weighted by Gasteiger charge is 2.50. The third kappa shape index (κ3) is 1.86. The molecule has 0 heterocycles. The summed E-state index contributed by atoms with van der Waals surface area (Å²) in [6.45, 7) is 2.44. The smallest absolute Gasteiger partial charge is 0.312 e. The number of carbonyl (C=O) groups excluding carboxylic acids is 1. The van der Waals surface area contributed by atoms with Gasteiger partial charge in [0.15, 0.2) is 0 Å². The normalized spacial score (nSPS) is 32.7. The third-order valence-corrected chi connectivity index (χ3v) is 4.36. The Morgan fingerprint density at radius 2 is 2.11 bits per heavy atom. The molecule has 0 amide bonds. The predicted molar refractivity (Wildman–Crippen MR) is 69.7 cm³/mol. The van der Waals surface area contributed by atoms with Crippen molar-refractivity contribution in [1.29, 1.82) is 0 Å². The summed E-state index contributed by atoms with van der Waals surface area (Å²) < 4.78 is 5.49. The fourth-order valence-electron chi connectivity index (χ4n) is 3.22. The van der Waals surface area contributed by atoms with Gasteiger partial charge in [0.05, 0.1) is 5.41 Å². The average molecular weight is 242 g/mol. The van der Waals surface area contributed by atoms with Crippen LogP contribution in [0.5, 0.6) is 0 Å². The van der Waals surface area contributed by atoms with Crippen LogP contribution in [-0.4, -0.2) is 5.97 Å². The second kappa shape index (κ2) is 4.27. The zero-order valence-corrected chi connectivity index (χ0v) is 10.6.